The summed E-state index contributed by atoms with van der Waals surface area (Å²) >= 11 is 0. The molecule has 2 aromatic carbocycles. The molecule has 1 aliphatic heterocycles. The lowest BCUT2D eigenvalue weighted by atomic mass is 9.88. The lowest BCUT2D eigenvalue weighted by Crippen LogP contribution is -2.33. The SMILES string of the molecule is CCNCc1cccc(NC(=O)C2CCCOC2c2ccccc2)c1. The average molecular weight is 338 g/mol. The van der Waals surface area contributed by atoms with Crippen LogP contribution in [-0.2, 0) is 16.1 Å². The summed E-state index contributed by atoms with van der Waals surface area (Å²) in [6.07, 6.45) is 1.60. The first-order valence-electron chi connectivity index (χ1n) is 9.05. The van der Waals surface area contributed by atoms with E-state index in [0.29, 0.717) is 6.61 Å². The predicted octanol–water partition coefficient (Wildman–Crippen LogP) is 3.90. The minimum absolute atomic E-state index is 0.0363. The van der Waals surface area contributed by atoms with Crippen LogP contribution in [0.25, 0.3) is 0 Å². The number of benzene rings is 2. The van der Waals surface area contributed by atoms with Crippen molar-refractivity contribution in [3.63, 3.8) is 0 Å². The molecular weight excluding hydrogens is 312 g/mol. The summed E-state index contributed by atoms with van der Waals surface area (Å²) in [4.78, 5) is 12.9. The third kappa shape index (κ3) is 4.68. The normalized spacial score (nSPS) is 20.2. The van der Waals surface area contributed by atoms with Crippen molar-refractivity contribution in [1.82, 2.24) is 5.32 Å². The van der Waals surface area contributed by atoms with Crippen molar-refractivity contribution in [3.8, 4) is 0 Å². The number of hydrogen-bond donors (Lipinski definition) is 2. The maximum absolute atomic E-state index is 12.9. The minimum Gasteiger partial charge on any atom is -0.373 e. The Balaban J connectivity index is 1.70. The third-order valence-electron chi connectivity index (χ3n) is 4.56. The highest BCUT2D eigenvalue weighted by Crippen LogP contribution is 2.34. The molecule has 0 aliphatic carbocycles. The molecule has 1 saturated heterocycles. The number of carbonyl (C=O) groups is 1. The Bertz CT molecular complexity index is 687. The quantitative estimate of drug-likeness (QED) is 0.840. The van der Waals surface area contributed by atoms with E-state index in [1.165, 1.54) is 5.56 Å². The number of amides is 1. The van der Waals surface area contributed by atoms with Crippen LogP contribution in [-0.4, -0.2) is 19.1 Å². The number of ether oxygens (including phenoxy) is 1. The number of carbonyl (C=O) groups excluding carboxylic acids is 1. The van der Waals surface area contributed by atoms with Crippen LogP contribution in [0.4, 0.5) is 5.69 Å². The van der Waals surface area contributed by atoms with Crippen LogP contribution in [0.1, 0.15) is 37.0 Å². The fraction of sp³-hybridized carbons (Fsp3) is 0.381. The summed E-state index contributed by atoms with van der Waals surface area (Å²) in [7, 11) is 0. The van der Waals surface area contributed by atoms with E-state index in [-0.39, 0.29) is 17.9 Å². The molecule has 2 atom stereocenters. The standard InChI is InChI=1S/C21H26N2O2/c1-2-22-15-16-8-6-11-18(14-16)23-21(24)19-12-7-13-25-20(19)17-9-4-3-5-10-17/h3-6,8-11,14,19-20,22H,2,7,12-13,15H2,1H3,(H,23,24). The van der Waals surface area contributed by atoms with Crippen LogP contribution in [0, 0.1) is 5.92 Å². The summed E-state index contributed by atoms with van der Waals surface area (Å²) in [5.74, 6) is -0.122. The van der Waals surface area contributed by atoms with E-state index in [2.05, 4.69) is 23.6 Å². The molecule has 2 aromatic rings. The zero-order valence-electron chi connectivity index (χ0n) is 14.7. The van der Waals surface area contributed by atoms with E-state index >= 15 is 0 Å². The lowest BCUT2D eigenvalue weighted by Gasteiger charge is -2.31. The van der Waals surface area contributed by atoms with Gasteiger partial charge in [-0.2, -0.15) is 0 Å². The Labute approximate surface area is 149 Å². The minimum atomic E-state index is -0.167. The number of anilines is 1. The van der Waals surface area contributed by atoms with E-state index in [9.17, 15) is 4.79 Å². The van der Waals surface area contributed by atoms with E-state index in [1.54, 1.807) is 0 Å². The van der Waals surface area contributed by atoms with Gasteiger partial charge < -0.3 is 15.4 Å². The van der Waals surface area contributed by atoms with Crippen molar-refractivity contribution >= 4 is 11.6 Å². The molecule has 1 heterocycles. The fourth-order valence-electron chi connectivity index (χ4n) is 3.28. The first-order chi connectivity index (χ1) is 12.3. The van der Waals surface area contributed by atoms with Gasteiger partial charge in [0.25, 0.3) is 0 Å². The van der Waals surface area contributed by atoms with Crippen molar-refractivity contribution in [2.75, 3.05) is 18.5 Å². The smallest absolute Gasteiger partial charge is 0.230 e. The van der Waals surface area contributed by atoms with Gasteiger partial charge in [-0.25, -0.2) is 0 Å². The van der Waals surface area contributed by atoms with Crippen molar-refractivity contribution in [3.05, 3.63) is 65.7 Å². The predicted molar refractivity (Wildman–Crippen MR) is 100 cm³/mol. The Morgan fingerprint density at radius 2 is 2.00 bits per heavy atom. The number of nitrogens with one attached hydrogen (secondary N) is 2. The van der Waals surface area contributed by atoms with Gasteiger partial charge in [0, 0.05) is 18.8 Å². The second kappa shape index (κ2) is 8.79. The zero-order chi connectivity index (χ0) is 17.5. The van der Waals surface area contributed by atoms with Gasteiger partial charge in [0.15, 0.2) is 0 Å². The van der Waals surface area contributed by atoms with Crippen LogP contribution >= 0.6 is 0 Å². The van der Waals surface area contributed by atoms with Crippen molar-refractivity contribution in [1.29, 1.82) is 0 Å². The highest BCUT2D eigenvalue weighted by atomic mass is 16.5. The Kier molecular flexibility index (Phi) is 6.20. The maximum atomic E-state index is 12.9. The molecule has 0 saturated carbocycles. The zero-order valence-corrected chi connectivity index (χ0v) is 14.7. The van der Waals surface area contributed by atoms with Gasteiger partial charge in [-0.05, 0) is 42.6 Å². The molecule has 0 aromatic heterocycles. The summed E-state index contributed by atoms with van der Waals surface area (Å²) in [5.41, 5.74) is 3.08. The van der Waals surface area contributed by atoms with Crippen molar-refractivity contribution < 1.29 is 9.53 Å². The molecule has 132 valence electrons. The summed E-state index contributed by atoms with van der Waals surface area (Å²) in [6.45, 7) is 4.52. The molecule has 1 amide bonds. The van der Waals surface area contributed by atoms with Crippen molar-refractivity contribution in [2.45, 2.75) is 32.4 Å². The Morgan fingerprint density at radius 1 is 1.16 bits per heavy atom. The molecule has 1 fully saturated rings. The van der Waals surface area contributed by atoms with E-state index in [1.807, 2.05) is 48.5 Å². The molecule has 0 bridgehead atoms. The van der Waals surface area contributed by atoms with Crippen LogP contribution in [0.15, 0.2) is 54.6 Å². The van der Waals surface area contributed by atoms with Gasteiger partial charge in [-0.1, -0.05) is 49.4 Å². The third-order valence-corrected chi connectivity index (χ3v) is 4.56. The second-order valence-electron chi connectivity index (χ2n) is 6.42. The summed E-state index contributed by atoms with van der Waals surface area (Å²) < 4.78 is 5.94. The maximum Gasteiger partial charge on any atom is 0.230 e. The van der Waals surface area contributed by atoms with E-state index < -0.39 is 0 Å². The molecule has 2 N–H and O–H groups in total. The topological polar surface area (TPSA) is 50.4 Å². The molecular formula is C21H26N2O2. The Hall–Kier alpha value is -2.17. The van der Waals surface area contributed by atoms with Crippen LogP contribution < -0.4 is 10.6 Å². The van der Waals surface area contributed by atoms with Gasteiger partial charge in [-0.15, -0.1) is 0 Å². The van der Waals surface area contributed by atoms with Gasteiger partial charge in [-0.3, -0.25) is 4.79 Å². The van der Waals surface area contributed by atoms with E-state index in [0.717, 1.165) is 37.2 Å². The molecule has 3 rings (SSSR count). The Morgan fingerprint density at radius 3 is 2.80 bits per heavy atom. The van der Waals surface area contributed by atoms with E-state index in [4.69, 9.17) is 4.74 Å². The van der Waals surface area contributed by atoms with Crippen LogP contribution in [0.2, 0.25) is 0 Å². The average Bonchev–Trinajstić information content (AvgIpc) is 2.67. The van der Waals surface area contributed by atoms with Gasteiger partial charge in [0.05, 0.1) is 12.0 Å². The van der Waals surface area contributed by atoms with Gasteiger partial charge in [0.2, 0.25) is 5.91 Å². The molecule has 0 spiro atoms. The largest absolute Gasteiger partial charge is 0.373 e. The van der Waals surface area contributed by atoms with Crippen LogP contribution in [0.5, 0.6) is 0 Å². The summed E-state index contributed by atoms with van der Waals surface area (Å²) in [6, 6.07) is 18.1. The number of rotatable bonds is 6. The monoisotopic (exact) mass is 338 g/mol. The van der Waals surface area contributed by atoms with Crippen LogP contribution in [0.3, 0.4) is 0 Å². The molecule has 25 heavy (non-hydrogen) atoms. The fourth-order valence-corrected chi connectivity index (χ4v) is 3.28. The molecule has 2 unspecified atom stereocenters. The molecule has 1 aliphatic rings. The summed E-state index contributed by atoms with van der Waals surface area (Å²) in [5, 5.41) is 6.39. The van der Waals surface area contributed by atoms with Gasteiger partial charge in [0.1, 0.15) is 0 Å². The molecule has 0 radical (unpaired) electrons. The number of hydrogen-bond acceptors (Lipinski definition) is 3. The van der Waals surface area contributed by atoms with Crippen molar-refractivity contribution in [2.24, 2.45) is 5.92 Å². The lowest BCUT2D eigenvalue weighted by molar-refractivity contribution is -0.129. The highest BCUT2D eigenvalue weighted by Gasteiger charge is 2.33. The second-order valence-corrected chi connectivity index (χ2v) is 6.42. The highest BCUT2D eigenvalue weighted by molar-refractivity contribution is 5.93. The molecule has 4 heteroatoms. The first-order valence-corrected chi connectivity index (χ1v) is 9.05. The molecule has 4 nitrogen and oxygen atoms in total. The first kappa shape index (κ1) is 17.6. The van der Waals surface area contributed by atoms with Gasteiger partial charge >= 0.3 is 0 Å².